The summed E-state index contributed by atoms with van der Waals surface area (Å²) in [7, 11) is 2.47. The summed E-state index contributed by atoms with van der Waals surface area (Å²) in [5, 5.41) is 1.18. The zero-order chi connectivity index (χ0) is 46.7. The lowest BCUT2D eigenvalue weighted by Crippen LogP contribution is -2.35. The largest absolute Gasteiger partial charge is 0.440 e. The first kappa shape index (κ1) is 46.1. The van der Waals surface area contributed by atoms with E-state index in [-0.39, 0.29) is 32.5 Å². The van der Waals surface area contributed by atoms with Gasteiger partial charge < -0.3 is 9.32 Å². The standard InChI is InChI=1S/C60H78BN2O/c1-19-43(55(5,6)7)44(56(8,9)10)25-30-62-40-21-20-22-41(33-40)63(50-35-47-45(31-38(50)4)57(11,12)26-28-59(47,15)16)51-32-39(37(2)3)23-24-49(51)61-53-42-34-46-48(36-52(42)64-54(53)62)60(17,18)29-27-58(46,13)14/h19-25,30-31,33-37,39H,1,26-29,32H2,2-18H3/b30-25+,44-43-. The molecule has 8 rings (SSSR count). The first-order valence-corrected chi connectivity index (χ1v) is 24.4. The highest BCUT2D eigenvalue weighted by atomic mass is 16.4. The van der Waals surface area contributed by atoms with Gasteiger partial charge >= 0.3 is 0 Å². The molecular formula is C60H78BN2O. The van der Waals surface area contributed by atoms with Gasteiger partial charge in [-0.3, -0.25) is 4.90 Å². The van der Waals surface area contributed by atoms with Crippen molar-refractivity contribution in [1.82, 2.24) is 0 Å². The van der Waals surface area contributed by atoms with Crippen molar-refractivity contribution in [2.75, 3.05) is 9.80 Å². The molecule has 0 N–H and O–H groups in total. The normalized spacial score (nSPS) is 21.6. The van der Waals surface area contributed by atoms with Crippen molar-refractivity contribution in [3.8, 4) is 0 Å². The molecule has 4 aliphatic rings. The van der Waals surface area contributed by atoms with E-state index in [0.717, 1.165) is 47.6 Å². The molecule has 0 spiro atoms. The van der Waals surface area contributed by atoms with Gasteiger partial charge in [0.2, 0.25) is 7.28 Å². The Bertz CT molecular complexity index is 2650. The summed E-state index contributed by atoms with van der Waals surface area (Å²) in [4.78, 5) is 4.97. The Balaban J connectivity index is 1.47. The van der Waals surface area contributed by atoms with Gasteiger partial charge in [-0.1, -0.05) is 153 Å². The Kier molecular flexibility index (Phi) is 11.2. The number of hydrogen-bond acceptors (Lipinski definition) is 3. The van der Waals surface area contributed by atoms with Gasteiger partial charge in [-0.2, -0.15) is 0 Å². The maximum atomic E-state index is 7.35. The minimum absolute atomic E-state index is 0.0519. The van der Waals surface area contributed by atoms with Gasteiger partial charge in [0.15, 0.2) is 5.88 Å². The second-order valence-electron chi connectivity index (χ2n) is 25.0. The number of rotatable bonds is 5. The smallest absolute Gasteiger partial charge is 0.201 e. The fourth-order valence-electron chi connectivity index (χ4n) is 11.3. The van der Waals surface area contributed by atoms with Crippen LogP contribution in [0.3, 0.4) is 0 Å². The third-order valence-corrected chi connectivity index (χ3v) is 15.9. The molecular weight excluding hydrogens is 775 g/mol. The van der Waals surface area contributed by atoms with Crippen LogP contribution < -0.4 is 15.3 Å². The highest BCUT2D eigenvalue weighted by molar-refractivity contribution is 6.67. The summed E-state index contributed by atoms with van der Waals surface area (Å²) in [6.45, 7) is 44.7. The van der Waals surface area contributed by atoms with Crippen molar-refractivity contribution in [3.05, 3.63) is 136 Å². The number of fused-ring (bicyclic) bond motifs is 7. The van der Waals surface area contributed by atoms with Crippen LogP contribution in [0, 0.1) is 29.6 Å². The Hall–Kier alpha value is -4.44. The van der Waals surface area contributed by atoms with E-state index < -0.39 is 0 Å². The summed E-state index contributed by atoms with van der Waals surface area (Å²) in [6, 6.07) is 19.3. The molecule has 3 nitrogen and oxygen atoms in total. The third kappa shape index (κ3) is 8.02. The lowest BCUT2D eigenvalue weighted by molar-refractivity contribution is 0.332. The molecule has 1 atom stereocenters. The molecule has 2 heterocycles. The molecule has 1 aromatic heterocycles. The van der Waals surface area contributed by atoms with E-state index in [1.165, 1.54) is 74.0 Å². The quantitative estimate of drug-likeness (QED) is 0.147. The first-order chi connectivity index (χ1) is 29.6. The molecule has 3 aliphatic carbocycles. The predicted octanol–water partition coefficient (Wildman–Crippen LogP) is 16.6. The van der Waals surface area contributed by atoms with Crippen LogP contribution in [0.2, 0.25) is 0 Å². The number of anilines is 4. The van der Waals surface area contributed by atoms with Crippen molar-refractivity contribution >= 4 is 46.7 Å². The van der Waals surface area contributed by atoms with Gasteiger partial charge in [-0.15, -0.1) is 0 Å². The molecule has 1 unspecified atom stereocenters. The average molecular weight is 854 g/mol. The van der Waals surface area contributed by atoms with Gasteiger partial charge in [0.05, 0.1) is 5.69 Å². The van der Waals surface area contributed by atoms with E-state index >= 15 is 0 Å². The van der Waals surface area contributed by atoms with Crippen LogP contribution in [0.4, 0.5) is 22.9 Å². The molecule has 1 aliphatic heterocycles. The van der Waals surface area contributed by atoms with Crippen molar-refractivity contribution in [2.24, 2.45) is 22.7 Å². The fraction of sp³-hybridized carbons (Fsp3) is 0.500. The maximum absolute atomic E-state index is 7.35. The van der Waals surface area contributed by atoms with E-state index in [0.29, 0.717) is 11.8 Å². The third-order valence-electron chi connectivity index (χ3n) is 15.9. The monoisotopic (exact) mass is 854 g/mol. The van der Waals surface area contributed by atoms with Crippen molar-refractivity contribution in [2.45, 2.75) is 171 Å². The molecule has 0 saturated carbocycles. The topological polar surface area (TPSA) is 19.6 Å². The van der Waals surface area contributed by atoms with Crippen LogP contribution in [0.25, 0.3) is 11.0 Å². The van der Waals surface area contributed by atoms with E-state index in [2.05, 4.69) is 220 Å². The minimum Gasteiger partial charge on any atom is -0.440 e. The molecule has 64 heavy (non-hydrogen) atoms. The SMILES string of the molecule is C=C/C(=C(\C=C\N1c2cccc(c2)N(c2cc3c(cc2C)C(C)(C)CCC3(C)C)C2=C([B]c3c1oc1cc4c(cc31)C(C)(C)CCC4(C)C)C=CC(C(C)C)C2)C(C)(C)C)C(C)(C)C. The number of allylic oxidation sites excluding steroid dienone is 8. The van der Waals surface area contributed by atoms with Gasteiger partial charge in [0.1, 0.15) is 5.58 Å². The van der Waals surface area contributed by atoms with E-state index in [1.807, 2.05) is 0 Å². The molecule has 0 fully saturated rings. The fourth-order valence-corrected chi connectivity index (χ4v) is 11.3. The zero-order valence-electron chi connectivity index (χ0n) is 42.8. The first-order valence-electron chi connectivity index (χ1n) is 24.4. The Morgan fingerprint density at radius 3 is 1.86 bits per heavy atom. The van der Waals surface area contributed by atoms with Crippen LogP contribution >= 0.6 is 0 Å². The predicted molar refractivity (Wildman–Crippen MR) is 278 cm³/mol. The van der Waals surface area contributed by atoms with E-state index in [1.54, 1.807) is 0 Å². The van der Waals surface area contributed by atoms with Crippen LogP contribution in [-0.2, 0) is 21.7 Å². The highest BCUT2D eigenvalue weighted by Crippen LogP contribution is 2.52. The second-order valence-corrected chi connectivity index (χ2v) is 25.0. The molecule has 4 aromatic rings. The van der Waals surface area contributed by atoms with Crippen LogP contribution in [0.1, 0.15) is 171 Å². The summed E-state index contributed by atoms with van der Waals surface area (Å²) >= 11 is 0. The van der Waals surface area contributed by atoms with Crippen LogP contribution in [0.5, 0.6) is 0 Å². The van der Waals surface area contributed by atoms with Crippen LogP contribution in [0.15, 0.2) is 112 Å². The van der Waals surface area contributed by atoms with Gasteiger partial charge in [-0.05, 0) is 170 Å². The molecule has 2 bridgehead atoms. The van der Waals surface area contributed by atoms with E-state index in [9.17, 15) is 0 Å². The Morgan fingerprint density at radius 2 is 1.30 bits per heavy atom. The number of hydrogen-bond donors (Lipinski definition) is 0. The van der Waals surface area contributed by atoms with Gasteiger partial charge in [-0.25, -0.2) is 0 Å². The Morgan fingerprint density at radius 1 is 0.750 bits per heavy atom. The minimum atomic E-state index is -0.131. The van der Waals surface area contributed by atoms with Crippen LogP contribution in [-0.4, -0.2) is 7.28 Å². The molecule has 1 radical (unpaired) electrons. The maximum Gasteiger partial charge on any atom is 0.201 e. The molecule has 0 saturated heterocycles. The Labute approximate surface area is 389 Å². The zero-order valence-corrected chi connectivity index (χ0v) is 42.8. The summed E-state index contributed by atoms with van der Waals surface area (Å²) in [5.74, 6) is 1.76. The van der Waals surface area contributed by atoms with Gasteiger partial charge in [0.25, 0.3) is 0 Å². The number of benzene rings is 3. The average Bonchev–Trinajstić information content (AvgIpc) is 3.54. The van der Waals surface area contributed by atoms with Gasteiger partial charge in [0, 0.05) is 28.7 Å². The molecule has 3 aromatic carbocycles. The second kappa shape index (κ2) is 15.6. The summed E-state index contributed by atoms with van der Waals surface area (Å²) in [6.07, 6.45) is 17.2. The number of furan rings is 1. The van der Waals surface area contributed by atoms with Crippen molar-refractivity contribution in [1.29, 1.82) is 0 Å². The number of aryl methyl sites for hydroxylation is 1. The molecule has 0 amide bonds. The molecule has 337 valence electrons. The summed E-state index contributed by atoms with van der Waals surface area (Å²) < 4.78 is 7.35. The molecule has 4 heteroatoms. The van der Waals surface area contributed by atoms with E-state index in [4.69, 9.17) is 4.42 Å². The number of nitrogens with zero attached hydrogens (tertiary/aromatic N) is 2. The van der Waals surface area contributed by atoms with Crippen molar-refractivity contribution < 1.29 is 4.42 Å². The highest BCUT2D eigenvalue weighted by Gasteiger charge is 2.41. The van der Waals surface area contributed by atoms with Crippen molar-refractivity contribution in [3.63, 3.8) is 0 Å². The lowest BCUT2D eigenvalue weighted by atomic mass is 9.58. The summed E-state index contributed by atoms with van der Waals surface area (Å²) in [5.41, 5.74) is 17.9. The lowest BCUT2D eigenvalue weighted by Gasteiger charge is -2.44.